The van der Waals surface area contributed by atoms with Crippen LogP contribution in [0.1, 0.15) is 55.9 Å². The van der Waals surface area contributed by atoms with Gasteiger partial charge in [-0.15, -0.1) is 0 Å². The van der Waals surface area contributed by atoms with E-state index in [9.17, 15) is 28.0 Å². The van der Waals surface area contributed by atoms with Crippen LogP contribution in [0, 0.1) is 17.8 Å². The molecular formula is C27H31ClF2N4O5. The number of ketones is 1. The number of nitrogens with one attached hydrogen (secondary N) is 3. The molecule has 3 aliphatic rings. The van der Waals surface area contributed by atoms with Gasteiger partial charge in [-0.3, -0.25) is 19.2 Å². The number of carbonyl (C=O) groups excluding carboxylic acids is 4. The Balaban J connectivity index is 1.41. The molecule has 12 heteroatoms. The molecular weight excluding hydrogens is 534 g/mol. The molecule has 0 bridgehead atoms. The zero-order valence-corrected chi connectivity index (χ0v) is 22.2. The monoisotopic (exact) mass is 564 g/mol. The fraction of sp³-hybridized carbons (Fsp3) is 0.556. The average molecular weight is 565 g/mol. The minimum absolute atomic E-state index is 0.0577. The maximum Gasteiger partial charge on any atom is 0.387 e. The zero-order valence-electron chi connectivity index (χ0n) is 21.5. The van der Waals surface area contributed by atoms with Crippen molar-refractivity contribution in [2.45, 2.75) is 64.1 Å². The molecule has 5 rings (SSSR count). The molecule has 3 amide bonds. The fourth-order valence-electron chi connectivity index (χ4n) is 6.41. The standard InChI is InChI=1S/C27H31ClF2N4O5/c1-2-21(35)19(8-13-6-7-31-24(13)36)33-25(37)23-16-5-3-4-14(16)12-34(23)26(38)20-11-17-18(32-20)9-15(28)10-22(17)39-27(29)30/h9-11,13-14,16,19,23,27,32H,2-8,12H2,1H3,(H,31,36)(H,33,37). The predicted molar refractivity (Wildman–Crippen MR) is 139 cm³/mol. The van der Waals surface area contributed by atoms with Crippen LogP contribution in [0.5, 0.6) is 5.75 Å². The number of halogens is 3. The number of rotatable bonds is 9. The molecule has 5 unspecified atom stereocenters. The number of nitrogens with zero attached hydrogens (tertiary/aromatic N) is 1. The van der Waals surface area contributed by atoms with Gasteiger partial charge in [0, 0.05) is 35.8 Å². The van der Waals surface area contributed by atoms with Gasteiger partial charge in [0.2, 0.25) is 11.8 Å². The van der Waals surface area contributed by atoms with Crippen LogP contribution in [-0.2, 0) is 14.4 Å². The van der Waals surface area contributed by atoms with E-state index in [0.29, 0.717) is 25.0 Å². The van der Waals surface area contributed by atoms with Crippen molar-refractivity contribution in [3.8, 4) is 5.75 Å². The summed E-state index contributed by atoms with van der Waals surface area (Å²) in [5, 5.41) is 6.07. The Morgan fingerprint density at radius 1 is 1.21 bits per heavy atom. The fourth-order valence-corrected chi connectivity index (χ4v) is 6.62. The highest BCUT2D eigenvalue weighted by atomic mass is 35.5. The second-order valence-corrected chi connectivity index (χ2v) is 11.0. The van der Waals surface area contributed by atoms with Crippen molar-refractivity contribution in [3.05, 3.63) is 28.9 Å². The molecule has 2 saturated heterocycles. The third-order valence-electron chi connectivity index (χ3n) is 8.27. The number of benzene rings is 1. The second kappa shape index (κ2) is 11.1. The van der Waals surface area contributed by atoms with Crippen LogP contribution in [0.25, 0.3) is 10.9 Å². The van der Waals surface area contributed by atoms with Crippen molar-refractivity contribution in [1.82, 2.24) is 20.5 Å². The number of aromatic nitrogens is 1. The summed E-state index contributed by atoms with van der Waals surface area (Å²) in [6, 6.07) is 2.58. The summed E-state index contributed by atoms with van der Waals surface area (Å²) in [5.74, 6) is -1.58. The van der Waals surface area contributed by atoms with E-state index in [1.54, 1.807) is 6.92 Å². The first-order chi connectivity index (χ1) is 18.7. The lowest BCUT2D eigenvalue weighted by molar-refractivity contribution is -0.132. The minimum atomic E-state index is -3.07. The van der Waals surface area contributed by atoms with Crippen molar-refractivity contribution in [2.24, 2.45) is 17.8 Å². The number of amides is 3. The SMILES string of the molecule is CCC(=O)C(CC1CCNC1=O)NC(=O)C1C2CCCC2CN1C(=O)c1cc2c(OC(F)F)cc(Cl)cc2[nH]1. The first kappa shape index (κ1) is 27.4. The van der Waals surface area contributed by atoms with Gasteiger partial charge in [-0.1, -0.05) is 24.9 Å². The molecule has 3 heterocycles. The number of carbonyl (C=O) groups is 4. The first-order valence-corrected chi connectivity index (χ1v) is 13.7. The van der Waals surface area contributed by atoms with Gasteiger partial charge in [0.1, 0.15) is 17.5 Å². The van der Waals surface area contributed by atoms with Gasteiger partial charge in [-0.2, -0.15) is 8.78 Å². The van der Waals surface area contributed by atoms with Crippen LogP contribution in [0.3, 0.4) is 0 Å². The molecule has 3 N–H and O–H groups in total. The van der Waals surface area contributed by atoms with Gasteiger partial charge in [0.25, 0.3) is 5.91 Å². The molecule has 1 aromatic carbocycles. The molecule has 0 spiro atoms. The Morgan fingerprint density at radius 3 is 2.69 bits per heavy atom. The van der Waals surface area contributed by atoms with E-state index in [4.69, 9.17) is 11.6 Å². The molecule has 210 valence electrons. The number of H-pyrrole nitrogens is 1. The molecule has 1 aliphatic carbocycles. The van der Waals surface area contributed by atoms with E-state index in [0.717, 1.165) is 19.3 Å². The number of fused-ring (bicyclic) bond motifs is 2. The maximum atomic E-state index is 13.8. The number of Topliss-reactive ketones (excluding diaryl/α,β-unsaturated/α-hetero) is 1. The maximum absolute atomic E-state index is 13.8. The summed E-state index contributed by atoms with van der Waals surface area (Å²) in [4.78, 5) is 56.8. The lowest BCUT2D eigenvalue weighted by Crippen LogP contribution is -2.53. The minimum Gasteiger partial charge on any atom is -0.434 e. The molecule has 1 aromatic heterocycles. The third-order valence-corrected chi connectivity index (χ3v) is 8.49. The van der Waals surface area contributed by atoms with E-state index in [1.165, 1.54) is 23.1 Å². The number of alkyl halides is 2. The van der Waals surface area contributed by atoms with Gasteiger partial charge in [0.05, 0.1) is 11.6 Å². The number of aromatic amines is 1. The third kappa shape index (κ3) is 5.46. The number of hydrogen-bond donors (Lipinski definition) is 3. The second-order valence-electron chi connectivity index (χ2n) is 10.6. The lowest BCUT2D eigenvalue weighted by atomic mass is 9.91. The molecule has 0 radical (unpaired) electrons. The van der Waals surface area contributed by atoms with Crippen molar-refractivity contribution in [3.63, 3.8) is 0 Å². The van der Waals surface area contributed by atoms with E-state index in [2.05, 4.69) is 20.4 Å². The van der Waals surface area contributed by atoms with Crippen LogP contribution in [0.15, 0.2) is 18.2 Å². The van der Waals surface area contributed by atoms with Gasteiger partial charge in [0.15, 0.2) is 5.78 Å². The molecule has 2 aliphatic heterocycles. The summed E-state index contributed by atoms with van der Waals surface area (Å²) in [6.45, 7) is -0.446. The molecule has 9 nitrogen and oxygen atoms in total. The van der Waals surface area contributed by atoms with Gasteiger partial charge >= 0.3 is 6.61 Å². The van der Waals surface area contributed by atoms with Gasteiger partial charge in [-0.05, 0) is 55.7 Å². The summed E-state index contributed by atoms with van der Waals surface area (Å²) < 4.78 is 30.5. The summed E-state index contributed by atoms with van der Waals surface area (Å²) in [7, 11) is 0. The van der Waals surface area contributed by atoms with Crippen LogP contribution in [0.2, 0.25) is 5.02 Å². The quantitative estimate of drug-likeness (QED) is 0.429. The highest BCUT2D eigenvalue weighted by molar-refractivity contribution is 6.31. The van der Waals surface area contributed by atoms with Crippen LogP contribution < -0.4 is 15.4 Å². The zero-order chi connectivity index (χ0) is 27.8. The summed E-state index contributed by atoms with van der Waals surface area (Å²) >= 11 is 6.06. The predicted octanol–water partition coefficient (Wildman–Crippen LogP) is 3.65. The Bertz CT molecular complexity index is 1300. The normalized spacial score (nSPS) is 25.2. The van der Waals surface area contributed by atoms with Crippen LogP contribution in [0.4, 0.5) is 8.78 Å². The van der Waals surface area contributed by atoms with Gasteiger partial charge < -0.3 is 25.3 Å². The van der Waals surface area contributed by atoms with E-state index in [1.807, 2.05) is 0 Å². The van der Waals surface area contributed by atoms with Crippen LogP contribution in [-0.4, -0.2) is 65.2 Å². The lowest BCUT2D eigenvalue weighted by Gasteiger charge is -2.29. The van der Waals surface area contributed by atoms with Gasteiger partial charge in [-0.25, -0.2) is 0 Å². The van der Waals surface area contributed by atoms with Crippen LogP contribution >= 0.6 is 11.6 Å². The summed E-state index contributed by atoms with van der Waals surface area (Å²) in [6.07, 6.45) is 3.63. The molecule has 5 atom stereocenters. The topological polar surface area (TPSA) is 121 Å². The number of hydrogen-bond acceptors (Lipinski definition) is 5. The van der Waals surface area contributed by atoms with E-state index < -0.39 is 30.5 Å². The highest BCUT2D eigenvalue weighted by Gasteiger charge is 2.50. The van der Waals surface area contributed by atoms with Crippen molar-refractivity contribution in [2.75, 3.05) is 13.1 Å². The Kier molecular flexibility index (Phi) is 7.80. The highest BCUT2D eigenvalue weighted by Crippen LogP contribution is 2.43. The van der Waals surface area contributed by atoms with E-state index >= 15 is 0 Å². The van der Waals surface area contributed by atoms with E-state index in [-0.39, 0.29) is 64.1 Å². The average Bonchev–Trinajstić information content (AvgIpc) is 3.66. The first-order valence-electron chi connectivity index (χ1n) is 13.3. The van der Waals surface area contributed by atoms with Crippen molar-refractivity contribution >= 4 is 46.0 Å². The molecule has 3 fully saturated rings. The Morgan fingerprint density at radius 2 is 2.00 bits per heavy atom. The van der Waals surface area contributed by atoms with Crippen molar-refractivity contribution in [1.29, 1.82) is 0 Å². The molecule has 2 aromatic rings. The smallest absolute Gasteiger partial charge is 0.387 e. The summed E-state index contributed by atoms with van der Waals surface area (Å²) in [5.41, 5.74) is 0.471. The Labute approximate surface area is 228 Å². The largest absolute Gasteiger partial charge is 0.434 e. The number of ether oxygens (including phenoxy) is 1. The van der Waals surface area contributed by atoms with Crippen molar-refractivity contribution < 1.29 is 32.7 Å². The Hall–Kier alpha value is -3.21. The molecule has 1 saturated carbocycles. The number of likely N-dealkylation sites (tertiary alicyclic amines) is 1. The molecule has 39 heavy (non-hydrogen) atoms.